The van der Waals surface area contributed by atoms with Crippen molar-refractivity contribution in [3.63, 3.8) is 0 Å². The first-order chi connectivity index (χ1) is 14.1. The van der Waals surface area contributed by atoms with Crippen LogP contribution in [0.3, 0.4) is 0 Å². The van der Waals surface area contributed by atoms with Crippen molar-refractivity contribution < 1.29 is 14.7 Å². The Labute approximate surface area is 176 Å². The van der Waals surface area contributed by atoms with Gasteiger partial charge >= 0.3 is 0 Å². The summed E-state index contributed by atoms with van der Waals surface area (Å²) >= 11 is 7.30. The summed E-state index contributed by atoms with van der Waals surface area (Å²) in [5, 5.41) is 13.0. The van der Waals surface area contributed by atoms with Crippen molar-refractivity contribution in [2.24, 2.45) is 0 Å². The minimum atomic E-state index is -0.655. The Balaban J connectivity index is 1.66. The number of thiophene rings is 1. The maximum absolute atomic E-state index is 13.1. The number of Topliss-reactive ketones (excluding diaryl/α,β-unsaturated/α-hetero) is 1. The fourth-order valence-electron chi connectivity index (χ4n) is 3.49. The van der Waals surface area contributed by atoms with E-state index in [0.29, 0.717) is 29.4 Å². The van der Waals surface area contributed by atoms with Crippen LogP contribution >= 0.6 is 22.9 Å². The highest BCUT2D eigenvalue weighted by atomic mass is 35.5. The van der Waals surface area contributed by atoms with Crippen LogP contribution in [0.2, 0.25) is 5.02 Å². The van der Waals surface area contributed by atoms with Gasteiger partial charge in [-0.3, -0.25) is 9.59 Å². The Morgan fingerprint density at radius 3 is 2.66 bits per heavy atom. The van der Waals surface area contributed by atoms with E-state index in [1.54, 1.807) is 59.2 Å². The fraction of sp³-hybridized carbons (Fsp3) is 0.190. The van der Waals surface area contributed by atoms with Crippen molar-refractivity contribution in [2.45, 2.75) is 19.0 Å². The molecule has 1 aliphatic heterocycles. The number of benzene rings is 1. The Kier molecular flexibility index (Phi) is 5.51. The van der Waals surface area contributed by atoms with Gasteiger partial charge in [-0.25, -0.2) is 4.98 Å². The number of nitrogens with zero attached hydrogens (tertiary/aromatic N) is 3. The molecule has 2 aromatic heterocycles. The van der Waals surface area contributed by atoms with Gasteiger partial charge in [-0.15, -0.1) is 11.3 Å². The molecule has 8 heteroatoms. The van der Waals surface area contributed by atoms with Crippen LogP contribution in [0, 0.1) is 0 Å². The minimum absolute atomic E-state index is 0.113. The third-order valence-electron chi connectivity index (χ3n) is 4.85. The zero-order valence-corrected chi connectivity index (χ0v) is 16.9. The molecule has 0 spiro atoms. The molecule has 1 atom stereocenters. The predicted octanol–water partition coefficient (Wildman–Crippen LogP) is 4.27. The number of hydrogen-bond donors (Lipinski definition) is 1. The highest BCUT2D eigenvalue weighted by molar-refractivity contribution is 7.12. The van der Waals surface area contributed by atoms with Crippen molar-refractivity contribution in [2.75, 3.05) is 6.54 Å². The molecular weight excluding hydrogens is 410 g/mol. The number of ketones is 1. The van der Waals surface area contributed by atoms with Gasteiger partial charge in [0.15, 0.2) is 5.76 Å². The standard InChI is InChI=1S/C21H18ClN3O3S/c22-15-6-4-14(5-7-15)18-17(19(26)16-3-1-12-29-16)20(27)21(28)25(18)10-2-9-24-11-8-23-13-24/h1,3-8,11-13,18,27H,2,9-10H2/t18-/m1/s1. The number of halogens is 1. The van der Waals surface area contributed by atoms with Crippen molar-refractivity contribution in [3.05, 3.63) is 87.3 Å². The molecule has 0 radical (unpaired) electrons. The molecule has 0 aliphatic carbocycles. The highest BCUT2D eigenvalue weighted by Gasteiger charge is 2.43. The van der Waals surface area contributed by atoms with Crippen LogP contribution in [0.4, 0.5) is 0 Å². The molecule has 1 N–H and O–H groups in total. The number of aliphatic hydroxyl groups is 1. The number of carbonyl (C=O) groups is 2. The van der Waals surface area contributed by atoms with E-state index in [1.807, 2.05) is 10.8 Å². The number of amides is 1. The van der Waals surface area contributed by atoms with Crippen molar-refractivity contribution >= 4 is 34.6 Å². The van der Waals surface area contributed by atoms with E-state index >= 15 is 0 Å². The van der Waals surface area contributed by atoms with Gasteiger partial charge in [0.2, 0.25) is 5.78 Å². The quantitative estimate of drug-likeness (QED) is 0.571. The van der Waals surface area contributed by atoms with Gasteiger partial charge in [0.05, 0.1) is 22.8 Å². The second-order valence-electron chi connectivity index (χ2n) is 6.68. The zero-order chi connectivity index (χ0) is 20.4. The van der Waals surface area contributed by atoms with Gasteiger partial charge in [0, 0.05) is 30.5 Å². The third-order valence-corrected chi connectivity index (χ3v) is 5.97. The molecule has 1 amide bonds. The maximum Gasteiger partial charge on any atom is 0.290 e. The molecule has 148 valence electrons. The fourth-order valence-corrected chi connectivity index (χ4v) is 4.29. The van der Waals surface area contributed by atoms with Gasteiger partial charge in [0.25, 0.3) is 5.91 Å². The Morgan fingerprint density at radius 2 is 2.00 bits per heavy atom. The molecule has 1 aliphatic rings. The first kappa shape index (κ1) is 19.4. The normalized spacial score (nSPS) is 16.7. The molecule has 0 saturated heterocycles. The van der Waals surface area contributed by atoms with Crippen molar-refractivity contribution in [3.8, 4) is 0 Å². The van der Waals surface area contributed by atoms with E-state index in [2.05, 4.69) is 4.98 Å². The monoisotopic (exact) mass is 427 g/mol. The van der Waals surface area contributed by atoms with Gasteiger partial charge < -0.3 is 14.6 Å². The van der Waals surface area contributed by atoms with Crippen LogP contribution in [0.5, 0.6) is 0 Å². The second kappa shape index (κ2) is 8.23. The number of aliphatic hydroxyl groups excluding tert-OH is 1. The van der Waals surface area contributed by atoms with Gasteiger partial charge in [-0.2, -0.15) is 0 Å². The number of rotatable bonds is 7. The topological polar surface area (TPSA) is 75.4 Å². The number of hydrogen-bond acceptors (Lipinski definition) is 5. The lowest BCUT2D eigenvalue weighted by Gasteiger charge is -2.27. The summed E-state index contributed by atoms with van der Waals surface area (Å²) < 4.78 is 1.92. The van der Waals surface area contributed by atoms with E-state index in [0.717, 1.165) is 5.56 Å². The zero-order valence-electron chi connectivity index (χ0n) is 15.4. The van der Waals surface area contributed by atoms with E-state index < -0.39 is 17.7 Å². The van der Waals surface area contributed by atoms with E-state index in [4.69, 9.17) is 11.6 Å². The highest BCUT2D eigenvalue weighted by Crippen LogP contribution is 2.39. The SMILES string of the molecule is O=C(C1=C(O)C(=O)N(CCCn2ccnc2)[C@@H]1c1ccc(Cl)cc1)c1cccs1. The average Bonchev–Trinajstić information content (AvgIpc) is 3.47. The molecule has 3 aromatic rings. The van der Waals surface area contributed by atoms with Crippen molar-refractivity contribution in [1.29, 1.82) is 0 Å². The van der Waals surface area contributed by atoms with Crippen LogP contribution in [-0.2, 0) is 11.3 Å². The Hall–Kier alpha value is -2.90. The maximum atomic E-state index is 13.1. The van der Waals surface area contributed by atoms with E-state index in [9.17, 15) is 14.7 Å². The molecular formula is C21H18ClN3O3S. The summed E-state index contributed by atoms with van der Waals surface area (Å²) in [6.07, 6.45) is 5.91. The molecule has 29 heavy (non-hydrogen) atoms. The van der Waals surface area contributed by atoms with Gasteiger partial charge in [0.1, 0.15) is 0 Å². The molecule has 3 heterocycles. The van der Waals surface area contributed by atoms with Crippen LogP contribution in [0.1, 0.15) is 27.7 Å². The number of aromatic nitrogens is 2. The smallest absolute Gasteiger partial charge is 0.290 e. The summed E-state index contributed by atoms with van der Waals surface area (Å²) in [6, 6.07) is 9.80. The third kappa shape index (κ3) is 3.83. The first-order valence-electron chi connectivity index (χ1n) is 9.10. The van der Waals surface area contributed by atoms with Crippen molar-refractivity contribution in [1.82, 2.24) is 14.5 Å². The molecule has 0 saturated carbocycles. The first-order valence-corrected chi connectivity index (χ1v) is 10.4. The van der Waals surface area contributed by atoms with E-state index in [1.165, 1.54) is 11.3 Å². The summed E-state index contributed by atoms with van der Waals surface area (Å²) in [7, 11) is 0. The Bertz CT molecular complexity index is 1040. The summed E-state index contributed by atoms with van der Waals surface area (Å²) in [5.74, 6) is -1.34. The second-order valence-corrected chi connectivity index (χ2v) is 8.06. The number of aryl methyl sites for hydroxylation is 1. The summed E-state index contributed by atoms with van der Waals surface area (Å²) in [6.45, 7) is 1.06. The largest absolute Gasteiger partial charge is 0.503 e. The van der Waals surface area contributed by atoms with Crippen LogP contribution in [-0.4, -0.2) is 37.8 Å². The predicted molar refractivity (Wildman–Crippen MR) is 111 cm³/mol. The molecule has 0 unspecified atom stereocenters. The van der Waals surface area contributed by atoms with Gasteiger partial charge in [-0.05, 0) is 35.6 Å². The molecule has 1 aromatic carbocycles. The lowest BCUT2D eigenvalue weighted by atomic mass is 9.95. The molecule has 6 nitrogen and oxygen atoms in total. The van der Waals surface area contributed by atoms with Crippen LogP contribution in [0.25, 0.3) is 0 Å². The molecule has 4 rings (SSSR count). The average molecular weight is 428 g/mol. The van der Waals surface area contributed by atoms with E-state index in [-0.39, 0.29) is 11.4 Å². The Morgan fingerprint density at radius 1 is 1.21 bits per heavy atom. The minimum Gasteiger partial charge on any atom is -0.503 e. The van der Waals surface area contributed by atoms with Crippen LogP contribution in [0.15, 0.2) is 71.8 Å². The summed E-state index contributed by atoms with van der Waals surface area (Å²) in [5.41, 5.74) is 0.844. The lowest BCUT2D eigenvalue weighted by molar-refractivity contribution is -0.129. The molecule has 0 bridgehead atoms. The molecule has 0 fully saturated rings. The number of carbonyl (C=O) groups excluding carboxylic acids is 2. The van der Waals surface area contributed by atoms with Crippen LogP contribution < -0.4 is 0 Å². The lowest BCUT2D eigenvalue weighted by Crippen LogP contribution is -2.32. The summed E-state index contributed by atoms with van der Waals surface area (Å²) in [4.78, 5) is 32.0. The number of imidazole rings is 1. The van der Waals surface area contributed by atoms with Gasteiger partial charge in [-0.1, -0.05) is 29.8 Å².